The van der Waals surface area contributed by atoms with Gasteiger partial charge < -0.3 is 10.6 Å². The van der Waals surface area contributed by atoms with Crippen molar-refractivity contribution in [2.24, 2.45) is 5.92 Å². The van der Waals surface area contributed by atoms with Crippen LogP contribution in [0.4, 0.5) is 0 Å². The maximum absolute atomic E-state index is 11.0. The summed E-state index contributed by atoms with van der Waals surface area (Å²) in [6, 6.07) is 0. The lowest BCUT2D eigenvalue weighted by molar-refractivity contribution is -0.120. The zero-order valence-electron chi connectivity index (χ0n) is 9.02. The van der Waals surface area contributed by atoms with Gasteiger partial charge in [0.25, 0.3) is 0 Å². The molecule has 0 spiro atoms. The van der Waals surface area contributed by atoms with Gasteiger partial charge in [-0.1, -0.05) is 26.7 Å². The van der Waals surface area contributed by atoms with Crippen molar-refractivity contribution in [2.75, 3.05) is 19.6 Å². The number of carbonyl (C=O) groups is 1. The molecule has 0 aromatic heterocycles. The molecule has 0 aliphatic carbocycles. The SMILES string of the molecule is CCNC(=O)CNCC(CC)CC. The summed E-state index contributed by atoms with van der Waals surface area (Å²) < 4.78 is 0. The monoisotopic (exact) mass is 186 g/mol. The van der Waals surface area contributed by atoms with Crippen molar-refractivity contribution < 1.29 is 4.79 Å². The molecule has 13 heavy (non-hydrogen) atoms. The first-order chi connectivity index (χ1) is 6.24. The molecule has 1 amide bonds. The molecule has 3 nitrogen and oxygen atoms in total. The molecule has 0 saturated heterocycles. The number of hydrogen-bond donors (Lipinski definition) is 2. The number of likely N-dealkylation sites (N-methyl/N-ethyl adjacent to an activating group) is 1. The van der Waals surface area contributed by atoms with Crippen molar-refractivity contribution in [1.82, 2.24) is 10.6 Å². The van der Waals surface area contributed by atoms with Crippen LogP contribution in [0.3, 0.4) is 0 Å². The van der Waals surface area contributed by atoms with E-state index in [1.165, 1.54) is 12.8 Å². The number of rotatable bonds is 7. The third-order valence-corrected chi connectivity index (χ3v) is 2.25. The van der Waals surface area contributed by atoms with Gasteiger partial charge in [-0.25, -0.2) is 0 Å². The van der Waals surface area contributed by atoms with Gasteiger partial charge in [-0.05, 0) is 19.4 Å². The summed E-state index contributed by atoms with van der Waals surface area (Å²) in [5.41, 5.74) is 0. The highest BCUT2D eigenvalue weighted by molar-refractivity contribution is 5.77. The smallest absolute Gasteiger partial charge is 0.233 e. The van der Waals surface area contributed by atoms with Gasteiger partial charge in [-0.3, -0.25) is 4.79 Å². The Morgan fingerprint density at radius 1 is 1.23 bits per heavy atom. The van der Waals surface area contributed by atoms with E-state index >= 15 is 0 Å². The second-order valence-electron chi connectivity index (χ2n) is 3.27. The zero-order chi connectivity index (χ0) is 10.1. The molecule has 0 aliphatic rings. The second-order valence-corrected chi connectivity index (χ2v) is 3.27. The Hall–Kier alpha value is -0.570. The van der Waals surface area contributed by atoms with Crippen LogP contribution in [0.1, 0.15) is 33.6 Å². The molecular weight excluding hydrogens is 164 g/mol. The van der Waals surface area contributed by atoms with Gasteiger partial charge in [0, 0.05) is 6.54 Å². The first kappa shape index (κ1) is 12.4. The van der Waals surface area contributed by atoms with Crippen LogP contribution in [0.2, 0.25) is 0 Å². The van der Waals surface area contributed by atoms with E-state index in [-0.39, 0.29) is 5.91 Å². The predicted octanol–water partition coefficient (Wildman–Crippen LogP) is 1.15. The fourth-order valence-electron chi connectivity index (χ4n) is 1.23. The lowest BCUT2D eigenvalue weighted by Gasteiger charge is -2.12. The van der Waals surface area contributed by atoms with Crippen molar-refractivity contribution >= 4 is 5.91 Å². The summed E-state index contributed by atoms with van der Waals surface area (Å²) in [6.07, 6.45) is 2.36. The van der Waals surface area contributed by atoms with Gasteiger partial charge in [0.1, 0.15) is 0 Å². The molecule has 3 heteroatoms. The van der Waals surface area contributed by atoms with Crippen molar-refractivity contribution in [3.8, 4) is 0 Å². The first-order valence-corrected chi connectivity index (χ1v) is 5.21. The molecule has 0 rings (SSSR count). The summed E-state index contributed by atoms with van der Waals surface area (Å²) in [5, 5.41) is 5.91. The van der Waals surface area contributed by atoms with E-state index in [2.05, 4.69) is 24.5 Å². The van der Waals surface area contributed by atoms with Crippen LogP contribution in [0.5, 0.6) is 0 Å². The largest absolute Gasteiger partial charge is 0.355 e. The summed E-state index contributed by atoms with van der Waals surface area (Å²) in [7, 11) is 0. The van der Waals surface area contributed by atoms with Crippen molar-refractivity contribution in [3.05, 3.63) is 0 Å². The van der Waals surface area contributed by atoms with Crippen LogP contribution < -0.4 is 10.6 Å². The lowest BCUT2D eigenvalue weighted by atomic mass is 10.0. The van der Waals surface area contributed by atoms with Gasteiger partial charge in [0.2, 0.25) is 5.91 Å². The topological polar surface area (TPSA) is 41.1 Å². The summed E-state index contributed by atoms with van der Waals surface area (Å²) in [6.45, 7) is 8.41. The van der Waals surface area contributed by atoms with E-state index in [0.717, 1.165) is 6.54 Å². The minimum atomic E-state index is 0.0912. The van der Waals surface area contributed by atoms with E-state index in [0.29, 0.717) is 19.0 Å². The Kier molecular flexibility index (Phi) is 7.69. The van der Waals surface area contributed by atoms with Crippen molar-refractivity contribution in [2.45, 2.75) is 33.6 Å². The number of amides is 1. The Bertz CT molecular complexity index is 133. The molecule has 0 bridgehead atoms. The minimum Gasteiger partial charge on any atom is -0.355 e. The van der Waals surface area contributed by atoms with E-state index in [4.69, 9.17) is 0 Å². The van der Waals surface area contributed by atoms with E-state index in [1.54, 1.807) is 0 Å². The van der Waals surface area contributed by atoms with Crippen molar-refractivity contribution in [3.63, 3.8) is 0 Å². The Balaban J connectivity index is 3.37. The highest BCUT2D eigenvalue weighted by Crippen LogP contribution is 2.04. The maximum atomic E-state index is 11.0. The second kappa shape index (κ2) is 8.05. The minimum absolute atomic E-state index is 0.0912. The number of hydrogen-bond acceptors (Lipinski definition) is 2. The molecule has 0 saturated carbocycles. The molecule has 78 valence electrons. The van der Waals surface area contributed by atoms with Crippen LogP contribution in [0.15, 0.2) is 0 Å². The Morgan fingerprint density at radius 3 is 2.31 bits per heavy atom. The van der Waals surface area contributed by atoms with E-state index in [9.17, 15) is 4.79 Å². The maximum Gasteiger partial charge on any atom is 0.233 e. The third-order valence-electron chi connectivity index (χ3n) is 2.25. The van der Waals surface area contributed by atoms with Gasteiger partial charge >= 0.3 is 0 Å². The quantitative estimate of drug-likeness (QED) is 0.626. The van der Waals surface area contributed by atoms with Crippen LogP contribution in [-0.2, 0) is 4.79 Å². The van der Waals surface area contributed by atoms with Gasteiger partial charge in [0.05, 0.1) is 6.54 Å². The Labute approximate surface area is 81.3 Å². The molecule has 0 aromatic rings. The molecule has 0 fully saturated rings. The number of nitrogens with one attached hydrogen (secondary N) is 2. The van der Waals surface area contributed by atoms with Crippen LogP contribution in [0, 0.1) is 5.92 Å². The van der Waals surface area contributed by atoms with Crippen LogP contribution in [-0.4, -0.2) is 25.5 Å². The molecule has 2 N–H and O–H groups in total. The normalized spacial score (nSPS) is 10.5. The van der Waals surface area contributed by atoms with Gasteiger partial charge in [-0.2, -0.15) is 0 Å². The number of carbonyl (C=O) groups excluding carboxylic acids is 1. The molecule has 0 aromatic carbocycles. The lowest BCUT2D eigenvalue weighted by Crippen LogP contribution is -2.35. The zero-order valence-corrected chi connectivity index (χ0v) is 9.02. The fraction of sp³-hybridized carbons (Fsp3) is 0.900. The van der Waals surface area contributed by atoms with E-state index < -0.39 is 0 Å². The van der Waals surface area contributed by atoms with Crippen LogP contribution in [0.25, 0.3) is 0 Å². The summed E-state index contributed by atoms with van der Waals surface area (Å²) in [5.74, 6) is 0.794. The predicted molar refractivity (Wildman–Crippen MR) is 55.6 cm³/mol. The highest BCUT2D eigenvalue weighted by Gasteiger charge is 2.03. The van der Waals surface area contributed by atoms with E-state index in [1.807, 2.05) is 6.92 Å². The molecule has 0 aliphatic heterocycles. The van der Waals surface area contributed by atoms with Crippen molar-refractivity contribution in [1.29, 1.82) is 0 Å². The Morgan fingerprint density at radius 2 is 1.85 bits per heavy atom. The molecule has 0 radical (unpaired) electrons. The average molecular weight is 186 g/mol. The highest BCUT2D eigenvalue weighted by atomic mass is 16.1. The average Bonchev–Trinajstić information content (AvgIpc) is 2.13. The molecule has 0 heterocycles. The van der Waals surface area contributed by atoms with Gasteiger partial charge in [-0.15, -0.1) is 0 Å². The summed E-state index contributed by atoms with van der Waals surface area (Å²) in [4.78, 5) is 11.0. The molecular formula is C10H22N2O. The standard InChI is InChI=1S/C10H22N2O/c1-4-9(5-2)7-11-8-10(13)12-6-3/h9,11H,4-8H2,1-3H3,(H,12,13). The third kappa shape index (κ3) is 6.58. The first-order valence-electron chi connectivity index (χ1n) is 5.21. The fourth-order valence-corrected chi connectivity index (χ4v) is 1.23. The molecule has 0 atom stereocenters. The van der Waals surface area contributed by atoms with Gasteiger partial charge in [0.15, 0.2) is 0 Å². The summed E-state index contributed by atoms with van der Waals surface area (Å²) >= 11 is 0. The van der Waals surface area contributed by atoms with Crippen LogP contribution >= 0.6 is 0 Å². The molecule has 0 unspecified atom stereocenters.